The fraction of sp³-hybridized carbons (Fsp3) is 0.719. The van der Waals surface area contributed by atoms with Gasteiger partial charge in [-0.15, -0.1) is 0 Å². The van der Waals surface area contributed by atoms with Crippen LogP contribution in [0.3, 0.4) is 0 Å². The number of amides is 15. The summed E-state index contributed by atoms with van der Waals surface area (Å²) in [5, 5.41) is 81.1. The quantitative estimate of drug-likeness (QED) is 0.0252. The van der Waals surface area contributed by atoms with Gasteiger partial charge in [-0.3, -0.25) is 81.5 Å². The average Bonchev–Trinajstić information content (AvgIpc) is 0.869. The van der Waals surface area contributed by atoms with E-state index < -0.39 is 243 Å². The zero-order valence-corrected chi connectivity index (χ0v) is 62.2. The molecule has 0 aromatic rings. The lowest BCUT2D eigenvalue weighted by Gasteiger charge is -2.27. The van der Waals surface area contributed by atoms with E-state index >= 15 is 0 Å². The Balaban J connectivity index is 6.34. The van der Waals surface area contributed by atoms with E-state index in [4.69, 9.17) is 28.0 Å². The second kappa shape index (κ2) is 51.7. The molecule has 602 valence electrons. The van der Waals surface area contributed by atoms with Gasteiger partial charge in [-0.1, -0.05) is 27.7 Å². The Labute approximate surface area is 618 Å². The van der Waals surface area contributed by atoms with Crippen LogP contribution in [-0.4, -0.2) is 261 Å². The second-order valence-corrected chi connectivity index (χ2v) is 27.0. The number of carboxylic acids is 3. The predicted octanol–water partition coefficient (Wildman–Crippen LogP) is -8.02. The van der Waals surface area contributed by atoms with Crippen molar-refractivity contribution in [2.75, 3.05) is 44.9 Å². The molecule has 106 heavy (non-hydrogen) atoms. The lowest BCUT2D eigenvalue weighted by molar-refractivity contribution is -0.143. The normalized spacial score (nSPS) is 15.1. The van der Waals surface area contributed by atoms with Gasteiger partial charge in [-0.25, -0.2) is 4.79 Å². The van der Waals surface area contributed by atoms with Crippen molar-refractivity contribution in [1.82, 2.24) is 74.4 Å². The van der Waals surface area contributed by atoms with Crippen LogP contribution >= 0.6 is 11.8 Å². The number of hydrogen-bond donors (Lipinski definition) is 23. The Hall–Kier alpha value is -9.39. The Kier molecular flexibility index (Phi) is 47.2. The molecule has 0 aromatic carbocycles. The van der Waals surface area contributed by atoms with Crippen LogP contribution in [0, 0.1) is 11.8 Å². The van der Waals surface area contributed by atoms with Crippen LogP contribution in [0.4, 0.5) is 0 Å². The SMILES string of the molecule is CSCC[C@H](NC(=O)[C@@H](N)CO)C(=O)N[C@@H](CCC(N)=O)C(=O)N[C@@H](C)C(=O)N[C@@H](CO)C(=O)N[C@@H](CC(C)C)C(=O)N[C@@H](CCC(=O)O)C(=O)N[C@@H](C)C(=O)N[C@@H](CC(C)C)C(=O)N[C@@H](C)C(=O)N[C@@H](CCCCN)C(=O)NCC(=O)N[C@@H](CCCCN)C(=O)N[C@@H](C)C(=O)N[C@@H](CCC(=O)O)C(=O)O. The molecule has 0 radical (unpaired) electrons. The smallest absolute Gasteiger partial charge is 0.326 e. The maximum atomic E-state index is 14.0. The van der Waals surface area contributed by atoms with Gasteiger partial charge in [0, 0.05) is 19.3 Å². The van der Waals surface area contributed by atoms with Crippen LogP contribution in [0.15, 0.2) is 0 Å². The van der Waals surface area contributed by atoms with Gasteiger partial charge in [-0.05, 0) is 142 Å². The maximum absolute atomic E-state index is 14.0. The summed E-state index contributed by atoms with van der Waals surface area (Å²) in [6.45, 7) is 9.43. The topological polar surface area (TPSA) is 681 Å². The highest BCUT2D eigenvalue weighted by molar-refractivity contribution is 7.98. The predicted molar refractivity (Wildman–Crippen MR) is 380 cm³/mol. The van der Waals surface area contributed by atoms with Crippen molar-refractivity contribution >= 4 is 118 Å². The molecule has 0 fully saturated rings. The van der Waals surface area contributed by atoms with Gasteiger partial charge >= 0.3 is 17.9 Å². The Morgan fingerprint density at radius 1 is 0.349 bits per heavy atom. The number of nitrogens with one attached hydrogen (secondary N) is 14. The van der Waals surface area contributed by atoms with Gasteiger partial charge in [-0.2, -0.15) is 11.8 Å². The standard InChI is InChI=1S/C64H112N18O23S/c1-31(2)26-44(61(101)73-33(5)51(91)75-38(14-10-12-23-65)56(96)69-28-48(86)74-39(15-11-13-24-66)57(97)70-34(6)52(92)79-43(64(104)105)18-21-50(89)90)80-53(93)35(7)71-59(99)41(17-20-49(87)88)78-62(102)45(27-32(3)4)81-63(103)46(30-84)82-54(94)36(8)72-58(98)40(16-19-47(68)85)77-60(100)42(22-25-106-9)76-55(95)37(67)29-83/h31-46,83-84H,10-30,65-67H2,1-9H3,(H2,68,85)(H,69,96)(H,70,97)(H,71,99)(H,72,98)(H,73,101)(H,74,86)(H,75,91)(H,76,95)(H,77,100)(H,78,102)(H,79,92)(H,80,93)(H,81,103)(H,82,94)(H,87,88)(H,89,90)(H,104,105)/t33-,34-,35-,36-,37-,38-,39-,40-,41-,42-,43-,44-,45-,46-/m0/s1. The van der Waals surface area contributed by atoms with Crippen molar-refractivity contribution in [2.24, 2.45) is 34.8 Å². The molecule has 0 heterocycles. The summed E-state index contributed by atoms with van der Waals surface area (Å²) in [6, 6.07) is -20.6. The highest BCUT2D eigenvalue weighted by atomic mass is 32.2. The minimum Gasteiger partial charge on any atom is -0.481 e. The summed E-state index contributed by atoms with van der Waals surface area (Å²) in [5.74, 6) is -18.9. The van der Waals surface area contributed by atoms with Gasteiger partial charge in [0.05, 0.1) is 19.8 Å². The van der Waals surface area contributed by atoms with Crippen molar-refractivity contribution in [2.45, 2.75) is 236 Å². The van der Waals surface area contributed by atoms with Gasteiger partial charge in [0.1, 0.15) is 84.6 Å². The lowest BCUT2D eigenvalue weighted by atomic mass is 10.0. The number of primary amides is 1. The van der Waals surface area contributed by atoms with Crippen LogP contribution in [0.5, 0.6) is 0 Å². The van der Waals surface area contributed by atoms with Crippen molar-refractivity contribution in [3.05, 3.63) is 0 Å². The van der Waals surface area contributed by atoms with Crippen molar-refractivity contribution < 1.29 is 112 Å². The first-order valence-corrected chi connectivity index (χ1v) is 36.1. The summed E-state index contributed by atoms with van der Waals surface area (Å²) < 4.78 is 0. The molecule has 0 aliphatic carbocycles. The molecule has 0 aromatic heterocycles. The number of nitrogens with two attached hydrogens (primary N) is 4. The molecule has 0 rings (SSSR count). The number of hydrogen-bond acceptors (Lipinski definition) is 24. The van der Waals surface area contributed by atoms with Crippen molar-refractivity contribution in [3.8, 4) is 0 Å². The lowest BCUT2D eigenvalue weighted by Crippen LogP contribution is -2.61. The van der Waals surface area contributed by atoms with Crippen LogP contribution in [0.1, 0.15) is 152 Å². The Bertz CT molecular complexity index is 2990. The number of aliphatic carboxylic acids is 3. The number of carboxylic acid groups (broad SMARTS) is 3. The van der Waals surface area contributed by atoms with E-state index in [2.05, 4.69) is 74.4 Å². The molecular formula is C64H112N18O23S. The second-order valence-electron chi connectivity index (χ2n) is 26.0. The molecule has 0 aliphatic heterocycles. The van der Waals surface area contributed by atoms with Crippen LogP contribution in [-0.2, 0) is 86.3 Å². The number of carbonyl (C=O) groups is 18. The van der Waals surface area contributed by atoms with E-state index in [-0.39, 0.29) is 63.5 Å². The van der Waals surface area contributed by atoms with Crippen molar-refractivity contribution in [3.63, 3.8) is 0 Å². The summed E-state index contributed by atoms with van der Waals surface area (Å²) in [4.78, 5) is 235. The molecular weight excluding hydrogens is 1420 g/mol. The van der Waals surface area contributed by atoms with E-state index in [1.165, 1.54) is 39.5 Å². The molecule has 42 heteroatoms. The zero-order chi connectivity index (χ0) is 81.1. The van der Waals surface area contributed by atoms with Crippen LogP contribution in [0.25, 0.3) is 0 Å². The van der Waals surface area contributed by atoms with Crippen LogP contribution < -0.4 is 97.4 Å². The third-order valence-corrected chi connectivity index (χ3v) is 16.4. The molecule has 14 atom stereocenters. The molecule has 0 saturated carbocycles. The highest BCUT2D eigenvalue weighted by Gasteiger charge is 2.36. The number of thioether (sulfide) groups is 1. The highest BCUT2D eigenvalue weighted by Crippen LogP contribution is 2.12. The average molecular weight is 1530 g/mol. The number of rotatable bonds is 55. The summed E-state index contributed by atoms with van der Waals surface area (Å²) >= 11 is 1.32. The zero-order valence-electron chi connectivity index (χ0n) is 61.4. The molecule has 0 saturated heterocycles. The molecule has 41 nitrogen and oxygen atoms in total. The molecule has 0 bridgehead atoms. The van der Waals surface area contributed by atoms with Crippen LogP contribution in [0.2, 0.25) is 0 Å². The number of unbranched alkanes of at least 4 members (excludes halogenated alkanes) is 2. The molecule has 27 N–H and O–H groups in total. The van der Waals surface area contributed by atoms with E-state index in [0.29, 0.717) is 31.4 Å². The largest absolute Gasteiger partial charge is 0.481 e. The Morgan fingerprint density at radius 2 is 0.660 bits per heavy atom. The first-order valence-electron chi connectivity index (χ1n) is 34.7. The first-order chi connectivity index (χ1) is 49.7. The van der Waals surface area contributed by atoms with Gasteiger partial charge < -0.3 is 123 Å². The first kappa shape index (κ1) is 96.6. The maximum Gasteiger partial charge on any atom is 0.326 e. The Morgan fingerprint density at radius 3 is 1.04 bits per heavy atom. The van der Waals surface area contributed by atoms with Gasteiger partial charge in [0.2, 0.25) is 88.6 Å². The number of carbonyl (C=O) groups excluding carboxylic acids is 15. The molecule has 15 amide bonds. The fourth-order valence-electron chi connectivity index (χ4n) is 9.66. The monoisotopic (exact) mass is 1530 g/mol. The summed E-state index contributed by atoms with van der Waals surface area (Å²) in [6.07, 6.45) is -0.130. The summed E-state index contributed by atoms with van der Waals surface area (Å²) in [7, 11) is 0. The third kappa shape index (κ3) is 39.6. The van der Waals surface area contributed by atoms with Crippen molar-refractivity contribution in [1.29, 1.82) is 0 Å². The van der Waals surface area contributed by atoms with E-state index in [0.717, 1.165) is 0 Å². The van der Waals surface area contributed by atoms with E-state index in [9.17, 15) is 107 Å². The molecule has 0 aliphatic rings. The minimum absolute atomic E-state index is 0.00628. The van der Waals surface area contributed by atoms with E-state index in [1.54, 1.807) is 34.0 Å². The number of aliphatic hydroxyl groups excluding tert-OH is 2. The van der Waals surface area contributed by atoms with E-state index in [1.807, 2.05) is 0 Å². The molecule has 0 unspecified atom stereocenters. The minimum atomic E-state index is -1.81. The molecule has 0 spiro atoms. The van der Waals surface area contributed by atoms with Gasteiger partial charge in [0.15, 0.2) is 0 Å². The van der Waals surface area contributed by atoms with Gasteiger partial charge in [0.25, 0.3) is 0 Å². The third-order valence-electron chi connectivity index (χ3n) is 15.7. The fourth-order valence-corrected chi connectivity index (χ4v) is 10.1. The number of aliphatic hydroxyl groups is 2. The summed E-state index contributed by atoms with van der Waals surface area (Å²) in [5.41, 5.74) is 22.2.